The van der Waals surface area contributed by atoms with Gasteiger partial charge in [0.1, 0.15) is 5.75 Å². The quantitative estimate of drug-likeness (QED) is 0.557. The number of ether oxygens (including phenoxy) is 1. The summed E-state index contributed by atoms with van der Waals surface area (Å²) in [5, 5.41) is 4.57. The predicted octanol–water partition coefficient (Wildman–Crippen LogP) is 3.65. The Bertz CT molecular complexity index is 1180. The zero-order valence-corrected chi connectivity index (χ0v) is 19.3. The molecule has 2 aliphatic rings. The molecule has 178 valence electrons. The van der Waals surface area contributed by atoms with Crippen LogP contribution in [0.4, 0.5) is 8.78 Å². The van der Waals surface area contributed by atoms with Crippen LogP contribution in [0.25, 0.3) is 5.69 Å². The number of nitrogens with zero attached hydrogens (tertiary/aromatic N) is 4. The average molecular weight is 467 g/mol. The van der Waals surface area contributed by atoms with Crippen LogP contribution < -0.4 is 4.74 Å². The first-order valence-electron chi connectivity index (χ1n) is 11.7. The zero-order valence-electron chi connectivity index (χ0n) is 19.3. The number of amides is 1. The monoisotopic (exact) mass is 466 g/mol. The summed E-state index contributed by atoms with van der Waals surface area (Å²) in [7, 11) is 1.66. The van der Waals surface area contributed by atoms with Gasteiger partial charge < -0.3 is 9.64 Å². The molecular formula is C26H28F2N4O2. The molecule has 2 heterocycles. The molecule has 6 nitrogen and oxygen atoms in total. The molecule has 2 aromatic carbocycles. The Balaban J connectivity index is 1.24. The number of fused-ring (bicyclic) bond motifs is 1. The van der Waals surface area contributed by atoms with E-state index in [1.54, 1.807) is 11.8 Å². The standard InChI is InChI=1S/C26H28F2N4O2/c1-34-20-8-5-18(6-9-20)11-12-30-13-15-31(16-14-30)26(33)25-21-3-2-4-24(21)32(29-25)19-7-10-22(27)23(28)17-19/h5-10,17H,2-4,11-16H2,1H3. The fourth-order valence-corrected chi connectivity index (χ4v) is 4.84. The van der Waals surface area contributed by atoms with E-state index in [9.17, 15) is 13.6 Å². The van der Waals surface area contributed by atoms with Crippen molar-refractivity contribution in [2.75, 3.05) is 39.8 Å². The molecule has 1 aliphatic carbocycles. The summed E-state index contributed by atoms with van der Waals surface area (Å²) in [6.07, 6.45) is 3.43. The van der Waals surface area contributed by atoms with E-state index in [4.69, 9.17) is 4.74 Å². The Morgan fingerprint density at radius 1 is 1.00 bits per heavy atom. The summed E-state index contributed by atoms with van der Waals surface area (Å²) >= 11 is 0. The molecule has 0 radical (unpaired) electrons. The van der Waals surface area contributed by atoms with Crippen molar-refractivity contribution in [2.45, 2.75) is 25.7 Å². The Hall–Kier alpha value is -3.26. The van der Waals surface area contributed by atoms with Gasteiger partial charge in [-0.25, -0.2) is 13.5 Å². The highest BCUT2D eigenvalue weighted by atomic mass is 19.2. The number of carbonyl (C=O) groups is 1. The van der Waals surface area contributed by atoms with Gasteiger partial charge in [0.15, 0.2) is 17.3 Å². The first kappa shape index (κ1) is 22.5. The highest BCUT2D eigenvalue weighted by Crippen LogP contribution is 2.29. The number of carbonyl (C=O) groups excluding carboxylic acids is 1. The topological polar surface area (TPSA) is 50.6 Å². The lowest BCUT2D eigenvalue weighted by Gasteiger charge is -2.34. The lowest BCUT2D eigenvalue weighted by molar-refractivity contribution is 0.0631. The van der Waals surface area contributed by atoms with Crippen LogP contribution in [0.3, 0.4) is 0 Å². The third-order valence-corrected chi connectivity index (χ3v) is 6.82. The lowest BCUT2D eigenvalue weighted by Crippen LogP contribution is -2.49. The van der Waals surface area contributed by atoms with Gasteiger partial charge in [0.05, 0.1) is 12.8 Å². The largest absolute Gasteiger partial charge is 0.497 e. The molecule has 0 N–H and O–H groups in total. The average Bonchev–Trinajstić information content (AvgIpc) is 3.48. The number of hydrogen-bond acceptors (Lipinski definition) is 4. The van der Waals surface area contributed by atoms with Gasteiger partial charge in [0, 0.05) is 50.0 Å². The summed E-state index contributed by atoms with van der Waals surface area (Å²) in [6.45, 7) is 3.86. The van der Waals surface area contributed by atoms with Crippen LogP contribution in [0.1, 0.15) is 33.7 Å². The Kier molecular flexibility index (Phi) is 6.32. The van der Waals surface area contributed by atoms with E-state index in [0.29, 0.717) is 24.5 Å². The number of methoxy groups -OCH3 is 1. The zero-order chi connectivity index (χ0) is 23.7. The molecule has 1 saturated heterocycles. The van der Waals surface area contributed by atoms with Gasteiger partial charge >= 0.3 is 0 Å². The summed E-state index contributed by atoms with van der Waals surface area (Å²) in [5.41, 5.74) is 4.02. The lowest BCUT2D eigenvalue weighted by atomic mass is 10.1. The van der Waals surface area contributed by atoms with Gasteiger partial charge in [0.2, 0.25) is 0 Å². The van der Waals surface area contributed by atoms with E-state index < -0.39 is 11.6 Å². The van der Waals surface area contributed by atoms with Gasteiger partial charge in [-0.15, -0.1) is 0 Å². The minimum Gasteiger partial charge on any atom is -0.497 e. The van der Waals surface area contributed by atoms with E-state index >= 15 is 0 Å². The number of halogens is 2. The Labute approximate surface area is 197 Å². The maximum absolute atomic E-state index is 13.8. The minimum absolute atomic E-state index is 0.0747. The maximum Gasteiger partial charge on any atom is 0.274 e. The van der Waals surface area contributed by atoms with Crippen LogP contribution in [0.5, 0.6) is 5.75 Å². The normalized spacial score (nSPS) is 16.0. The molecule has 34 heavy (non-hydrogen) atoms. The molecule has 0 spiro atoms. The highest BCUT2D eigenvalue weighted by Gasteiger charge is 2.31. The summed E-state index contributed by atoms with van der Waals surface area (Å²) in [6, 6.07) is 11.9. The first-order chi connectivity index (χ1) is 16.5. The van der Waals surface area contributed by atoms with E-state index in [1.807, 2.05) is 17.0 Å². The highest BCUT2D eigenvalue weighted by molar-refractivity contribution is 5.94. The first-order valence-corrected chi connectivity index (χ1v) is 11.7. The number of rotatable bonds is 6. The molecule has 1 aliphatic heterocycles. The third kappa shape index (κ3) is 4.42. The van der Waals surface area contributed by atoms with Crippen molar-refractivity contribution in [2.24, 2.45) is 0 Å². The van der Waals surface area contributed by atoms with Gasteiger partial charge in [-0.1, -0.05) is 12.1 Å². The molecule has 0 unspecified atom stereocenters. The van der Waals surface area contributed by atoms with Gasteiger partial charge in [-0.05, 0) is 55.5 Å². The minimum atomic E-state index is -0.918. The SMILES string of the molecule is COc1ccc(CCN2CCN(C(=O)c3nn(-c4ccc(F)c(F)c4)c4c3CCC4)CC2)cc1. The van der Waals surface area contributed by atoms with E-state index in [-0.39, 0.29) is 5.91 Å². The number of hydrogen-bond donors (Lipinski definition) is 0. The van der Waals surface area contributed by atoms with Crippen LogP contribution in [-0.2, 0) is 19.3 Å². The van der Waals surface area contributed by atoms with Gasteiger partial charge in [-0.3, -0.25) is 9.69 Å². The number of piperazine rings is 1. The molecule has 3 aromatic rings. The summed E-state index contributed by atoms with van der Waals surface area (Å²) in [5.74, 6) is -1.03. The van der Waals surface area contributed by atoms with Crippen molar-refractivity contribution in [3.05, 3.63) is 76.6 Å². The van der Waals surface area contributed by atoms with Crippen LogP contribution in [0.15, 0.2) is 42.5 Å². The molecule has 1 fully saturated rings. The summed E-state index contributed by atoms with van der Waals surface area (Å²) < 4.78 is 34.0. The second-order valence-corrected chi connectivity index (χ2v) is 8.87. The second-order valence-electron chi connectivity index (χ2n) is 8.87. The molecule has 5 rings (SSSR count). The Morgan fingerprint density at radius 2 is 1.76 bits per heavy atom. The molecule has 8 heteroatoms. The van der Waals surface area contributed by atoms with Crippen molar-refractivity contribution in [3.8, 4) is 11.4 Å². The van der Waals surface area contributed by atoms with Gasteiger partial charge in [0.25, 0.3) is 5.91 Å². The van der Waals surface area contributed by atoms with E-state index in [1.165, 1.54) is 11.6 Å². The second kappa shape index (κ2) is 9.54. The molecule has 0 saturated carbocycles. The molecule has 1 amide bonds. The number of aromatic nitrogens is 2. The molecule has 1 aromatic heterocycles. The van der Waals surface area contributed by atoms with Crippen LogP contribution in [0.2, 0.25) is 0 Å². The summed E-state index contributed by atoms with van der Waals surface area (Å²) in [4.78, 5) is 17.6. The molecular weight excluding hydrogens is 438 g/mol. The Morgan fingerprint density at radius 3 is 2.47 bits per heavy atom. The van der Waals surface area contributed by atoms with Crippen molar-refractivity contribution in [1.29, 1.82) is 0 Å². The fourth-order valence-electron chi connectivity index (χ4n) is 4.84. The number of benzene rings is 2. The van der Waals surface area contributed by atoms with Crippen LogP contribution in [0, 0.1) is 11.6 Å². The third-order valence-electron chi connectivity index (χ3n) is 6.82. The maximum atomic E-state index is 13.8. The molecule has 0 bridgehead atoms. The van der Waals surface area contributed by atoms with E-state index in [2.05, 4.69) is 22.1 Å². The van der Waals surface area contributed by atoms with E-state index in [0.717, 1.165) is 74.5 Å². The fraction of sp³-hybridized carbons (Fsp3) is 0.385. The van der Waals surface area contributed by atoms with Gasteiger partial charge in [-0.2, -0.15) is 5.10 Å². The molecule has 0 atom stereocenters. The smallest absolute Gasteiger partial charge is 0.274 e. The van der Waals surface area contributed by atoms with Crippen molar-refractivity contribution in [3.63, 3.8) is 0 Å². The van der Waals surface area contributed by atoms with Crippen molar-refractivity contribution in [1.82, 2.24) is 19.6 Å². The van der Waals surface area contributed by atoms with Crippen molar-refractivity contribution < 1.29 is 18.3 Å². The van der Waals surface area contributed by atoms with Crippen molar-refractivity contribution >= 4 is 5.91 Å². The van der Waals surface area contributed by atoms with Crippen LogP contribution in [-0.4, -0.2) is 65.3 Å². The predicted molar refractivity (Wildman–Crippen MR) is 125 cm³/mol. The van der Waals surface area contributed by atoms with Crippen LogP contribution >= 0.6 is 0 Å².